The van der Waals surface area contributed by atoms with Crippen molar-refractivity contribution >= 4 is 29.1 Å². The van der Waals surface area contributed by atoms with E-state index in [1.54, 1.807) is 6.07 Å². The van der Waals surface area contributed by atoms with Crippen molar-refractivity contribution in [3.8, 4) is 0 Å². The fraction of sp³-hybridized carbons (Fsp3) is 0.318. The van der Waals surface area contributed by atoms with E-state index in [1.165, 1.54) is 18.2 Å². The molecular weight excluding hydrogens is 373 g/mol. The van der Waals surface area contributed by atoms with E-state index in [1.807, 2.05) is 24.3 Å². The summed E-state index contributed by atoms with van der Waals surface area (Å²) in [6.45, 7) is 0.667. The highest BCUT2D eigenvalue weighted by molar-refractivity contribution is 6.25. The van der Waals surface area contributed by atoms with Gasteiger partial charge >= 0.3 is 0 Å². The van der Waals surface area contributed by atoms with Crippen molar-refractivity contribution in [2.75, 3.05) is 16.8 Å². The summed E-state index contributed by atoms with van der Waals surface area (Å²) in [6.07, 6.45) is 1.63. The highest BCUT2D eigenvalue weighted by Gasteiger charge is 2.74. The van der Waals surface area contributed by atoms with Gasteiger partial charge in [-0.05, 0) is 43.7 Å². The van der Waals surface area contributed by atoms with Crippen LogP contribution in [0.4, 0.5) is 15.8 Å². The Morgan fingerprint density at radius 3 is 2.69 bits per heavy atom. The number of nitrogens with one attached hydrogen (secondary N) is 1. The molecule has 0 aromatic heterocycles. The number of hydrogen-bond donors (Lipinski definition) is 1. The van der Waals surface area contributed by atoms with Crippen LogP contribution in [0.15, 0.2) is 48.5 Å². The molecule has 146 valence electrons. The molecule has 3 amide bonds. The Kier molecular flexibility index (Phi) is 3.20. The Balaban J connectivity index is 1.56. The molecule has 0 saturated carbocycles. The minimum Gasteiger partial charge on any atom is -0.324 e. The lowest BCUT2D eigenvalue weighted by Gasteiger charge is -2.36. The summed E-state index contributed by atoms with van der Waals surface area (Å²) in [5.74, 6) is -2.94. The van der Waals surface area contributed by atoms with Crippen LogP contribution in [0.3, 0.4) is 0 Å². The van der Waals surface area contributed by atoms with E-state index in [4.69, 9.17) is 0 Å². The third-order valence-corrected chi connectivity index (χ3v) is 6.97. The fourth-order valence-corrected chi connectivity index (χ4v) is 6.03. The van der Waals surface area contributed by atoms with Crippen LogP contribution in [0.1, 0.15) is 18.4 Å². The van der Waals surface area contributed by atoms with E-state index in [2.05, 4.69) is 10.2 Å². The molecule has 7 heteroatoms. The van der Waals surface area contributed by atoms with Crippen molar-refractivity contribution in [3.05, 3.63) is 59.9 Å². The molecule has 29 heavy (non-hydrogen) atoms. The lowest BCUT2D eigenvalue weighted by atomic mass is 9.75. The number of anilines is 2. The van der Waals surface area contributed by atoms with Crippen molar-refractivity contribution in [1.82, 2.24) is 4.90 Å². The number of benzene rings is 2. The zero-order chi connectivity index (χ0) is 19.9. The van der Waals surface area contributed by atoms with Gasteiger partial charge in [0.15, 0.2) is 0 Å². The second-order valence-corrected chi connectivity index (χ2v) is 8.16. The molecule has 4 atom stereocenters. The predicted molar refractivity (Wildman–Crippen MR) is 102 cm³/mol. The molecule has 0 aliphatic carbocycles. The zero-order valence-electron chi connectivity index (χ0n) is 15.5. The van der Waals surface area contributed by atoms with E-state index in [0.29, 0.717) is 12.2 Å². The van der Waals surface area contributed by atoms with Crippen molar-refractivity contribution in [2.24, 2.45) is 11.8 Å². The van der Waals surface area contributed by atoms with Crippen LogP contribution in [-0.2, 0) is 19.9 Å². The molecule has 3 fully saturated rings. The summed E-state index contributed by atoms with van der Waals surface area (Å²) in [6, 6.07) is 12.7. The van der Waals surface area contributed by atoms with E-state index in [9.17, 15) is 18.8 Å². The molecule has 0 bridgehead atoms. The van der Waals surface area contributed by atoms with Crippen molar-refractivity contribution < 1.29 is 18.8 Å². The number of rotatable bonds is 1. The molecule has 4 aliphatic rings. The average Bonchev–Trinajstić information content (AvgIpc) is 3.40. The van der Waals surface area contributed by atoms with Gasteiger partial charge in [-0.1, -0.05) is 24.3 Å². The van der Waals surface area contributed by atoms with Gasteiger partial charge in [-0.15, -0.1) is 0 Å². The van der Waals surface area contributed by atoms with Crippen LogP contribution in [-0.4, -0.2) is 35.2 Å². The summed E-state index contributed by atoms with van der Waals surface area (Å²) >= 11 is 0. The first-order chi connectivity index (χ1) is 14.0. The van der Waals surface area contributed by atoms with E-state index in [0.717, 1.165) is 23.3 Å². The van der Waals surface area contributed by atoms with Crippen LogP contribution in [0, 0.1) is 17.7 Å². The number of carbonyl (C=O) groups is 3. The van der Waals surface area contributed by atoms with Crippen LogP contribution >= 0.6 is 0 Å². The normalized spacial score (nSPS) is 32.7. The number of amides is 3. The molecule has 1 spiro atoms. The first-order valence-electron chi connectivity index (χ1n) is 9.86. The first-order valence-corrected chi connectivity index (χ1v) is 9.86. The van der Waals surface area contributed by atoms with Gasteiger partial charge in [-0.2, -0.15) is 0 Å². The number of fused-ring (bicyclic) bond motifs is 7. The minimum atomic E-state index is -1.18. The maximum absolute atomic E-state index is 13.8. The number of para-hydroxylation sites is 1. The second kappa shape index (κ2) is 5.51. The van der Waals surface area contributed by atoms with Gasteiger partial charge in [0.2, 0.25) is 17.7 Å². The Morgan fingerprint density at radius 2 is 1.86 bits per heavy atom. The molecule has 2 aromatic carbocycles. The lowest BCUT2D eigenvalue weighted by Crippen LogP contribution is -2.54. The van der Waals surface area contributed by atoms with Crippen LogP contribution in [0.25, 0.3) is 0 Å². The number of imide groups is 1. The van der Waals surface area contributed by atoms with Gasteiger partial charge in [-0.3, -0.25) is 19.3 Å². The number of hydrogen-bond acceptors (Lipinski definition) is 4. The Morgan fingerprint density at radius 1 is 1.03 bits per heavy atom. The fourth-order valence-electron chi connectivity index (χ4n) is 6.03. The molecular formula is C22H18FN3O3. The lowest BCUT2D eigenvalue weighted by molar-refractivity contribution is -0.135. The van der Waals surface area contributed by atoms with Crippen LogP contribution in [0.5, 0.6) is 0 Å². The largest absolute Gasteiger partial charge is 0.324 e. The molecule has 0 unspecified atom stereocenters. The molecule has 0 radical (unpaired) electrons. The number of carbonyl (C=O) groups excluding carboxylic acids is 3. The van der Waals surface area contributed by atoms with E-state index >= 15 is 0 Å². The molecule has 2 aromatic rings. The Bertz CT molecular complexity index is 1100. The maximum atomic E-state index is 13.8. The van der Waals surface area contributed by atoms with Crippen LogP contribution in [0.2, 0.25) is 0 Å². The second-order valence-electron chi connectivity index (χ2n) is 8.16. The van der Waals surface area contributed by atoms with Gasteiger partial charge in [0, 0.05) is 17.3 Å². The van der Waals surface area contributed by atoms with Crippen LogP contribution < -0.4 is 10.2 Å². The monoisotopic (exact) mass is 391 g/mol. The van der Waals surface area contributed by atoms with E-state index < -0.39 is 29.1 Å². The summed E-state index contributed by atoms with van der Waals surface area (Å²) in [4.78, 5) is 43.6. The third-order valence-electron chi connectivity index (χ3n) is 6.97. The van der Waals surface area contributed by atoms with Gasteiger partial charge in [0.05, 0.1) is 17.5 Å². The zero-order valence-corrected chi connectivity index (χ0v) is 15.5. The third kappa shape index (κ3) is 1.86. The summed E-state index contributed by atoms with van der Waals surface area (Å²) in [5, 5.41) is 2.93. The maximum Gasteiger partial charge on any atom is 0.250 e. The standard InChI is InChI=1S/C22H18FN3O3/c23-12-5-3-6-13(11-12)26-19(27)17-16-9-4-10-25(16)22(18(17)20(26)28)14-7-1-2-8-15(14)24-21(22)29/h1-3,5-8,11,16-18H,4,9-10H2,(H,24,29)/t16-,17+,18-,22+/m0/s1. The molecule has 1 N–H and O–H groups in total. The van der Waals surface area contributed by atoms with Crippen molar-refractivity contribution in [2.45, 2.75) is 24.4 Å². The van der Waals surface area contributed by atoms with Crippen molar-refractivity contribution in [1.29, 1.82) is 0 Å². The molecule has 3 saturated heterocycles. The summed E-state index contributed by atoms with van der Waals surface area (Å²) in [5.41, 5.74) is 0.484. The molecule has 4 aliphatic heterocycles. The van der Waals surface area contributed by atoms with Gasteiger partial charge in [0.1, 0.15) is 11.4 Å². The highest BCUT2D eigenvalue weighted by Crippen LogP contribution is 2.60. The molecule has 4 heterocycles. The topological polar surface area (TPSA) is 69.7 Å². The first kappa shape index (κ1) is 16.9. The predicted octanol–water partition coefficient (Wildman–Crippen LogP) is 2.26. The smallest absolute Gasteiger partial charge is 0.250 e. The van der Waals surface area contributed by atoms with Gasteiger partial charge < -0.3 is 5.32 Å². The number of nitrogens with zero attached hydrogens (tertiary/aromatic N) is 2. The minimum absolute atomic E-state index is 0.174. The molecule has 6 rings (SSSR count). The Hall–Kier alpha value is -3.06. The van der Waals surface area contributed by atoms with Gasteiger partial charge in [0.25, 0.3) is 0 Å². The average molecular weight is 391 g/mol. The molecule has 6 nitrogen and oxygen atoms in total. The summed E-state index contributed by atoms with van der Waals surface area (Å²) < 4.78 is 13.8. The SMILES string of the molecule is O=C1[C@H]2[C@@H](C(=O)N1c1cccc(F)c1)[C@]1(C(=O)Nc3ccccc31)N1CCC[C@@H]21. The quantitative estimate of drug-likeness (QED) is 0.757. The van der Waals surface area contributed by atoms with Crippen molar-refractivity contribution in [3.63, 3.8) is 0 Å². The van der Waals surface area contributed by atoms with E-state index in [-0.39, 0.29) is 23.5 Å². The Labute approximate surface area is 166 Å². The summed E-state index contributed by atoms with van der Waals surface area (Å²) in [7, 11) is 0. The highest BCUT2D eigenvalue weighted by atomic mass is 19.1. The van der Waals surface area contributed by atoms with Gasteiger partial charge in [-0.25, -0.2) is 9.29 Å². The number of halogens is 1.